The maximum absolute atomic E-state index is 12.1. The molecule has 2 aromatic rings. The lowest BCUT2D eigenvalue weighted by Crippen LogP contribution is -2.26. The zero-order valence-electron chi connectivity index (χ0n) is 10.7. The summed E-state index contributed by atoms with van der Waals surface area (Å²) < 4.78 is 0. The molecule has 0 aliphatic rings. The zero-order chi connectivity index (χ0) is 13.5. The lowest BCUT2D eigenvalue weighted by Gasteiger charge is -2.09. The number of rotatable bonds is 6. The molecule has 0 spiro atoms. The van der Waals surface area contributed by atoms with Gasteiger partial charge in [-0.1, -0.05) is 0 Å². The van der Waals surface area contributed by atoms with E-state index >= 15 is 0 Å². The second-order valence-corrected chi connectivity index (χ2v) is 4.86. The van der Waals surface area contributed by atoms with Crippen LogP contribution in [-0.2, 0) is 6.42 Å². The molecule has 0 saturated heterocycles. The Morgan fingerprint density at radius 1 is 1.42 bits per heavy atom. The molecule has 5 nitrogen and oxygen atoms in total. The van der Waals surface area contributed by atoms with Gasteiger partial charge in [0.1, 0.15) is 0 Å². The van der Waals surface area contributed by atoms with E-state index in [1.54, 1.807) is 36.0 Å². The van der Waals surface area contributed by atoms with E-state index in [0.717, 1.165) is 23.7 Å². The second-order valence-electron chi connectivity index (χ2n) is 3.88. The molecule has 1 amide bonds. The molecule has 0 unspecified atom stereocenters. The number of hydrogen-bond acceptors (Lipinski definition) is 5. The van der Waals surface area contributed by atoms with E-state index in [9.17, 15) is 4.79 Å². The van der Waals surface area contributed by atoms with Crippen molar-refractivity contribution in [3.05, 3.63) is 40.6 Å². The second kappa shape index (κ2) is 6.84. The van der Waals surface area contributed by atoms with E-state index in [4.69, 9.17) is 0 Å². The van der Waals surface area contributed by atoms with Gasteiger partial charge in [0.15, 0.2) is 0 Å². The van der Waals surface area contributed by atoms with Crippen molar-refractivity contribution in [3.8, 4) is 0 Å². The summed E-state index contributed by atoms with van der Waals surface area (Å²) in [5.74, 6) is -0.111. The van der Waals surface area contributed by atoms with Crippen molar-refractivity contribution in [2.75, 3.05) is 18.4 Å². The first kappa shape index (κ1) is 13.5. The standard InChI is InChI=1S/C13H16N4OS/c1-2-15-11-3-5-14-9-10(11)13(18)17-6-4-12-16-7-8-19-12/h3,5,7-9H,2,4,6H2,1H3,(H,14,15)(H,17,18). The third-order valence-corrected chi connectivity index (χ3v) is 3.38. The van der Waals surface area contributed by atoms with Gasteiger partial charge in [-0.2, -0.15) is 0 Å². The van der Waals surface area contributed by atoms with Crippen molar-refractivity contribution < 1.29 is 4.79 Å². The number of hydrogen-bond donors (Lipinski definition) is 2. The monoisotopic (exact) mass is 276 g/mol. The number of nitrogens with zero attached hydrogens (tertiary/aromatic N) is 2. The lowest BCUT2D eigenvalue weighted by molar-refractivity contribution is 0.0954. The normalized spacial score (nSPS) is 10.2. The summed E-state index contributed by atoms with van der Waals surface area (Å²) >= 11 is 1.59. The molecule has 2 heterocycles. The average Bonchev–Trinajstić information content (AvgIpc) is 2.93. The van der Waals surface area contributed by atoms with E-state index in [1.807, 2.05) is 12.3 Å². The number of anilines is 1. The number of amides is 1. The van der Waals surface area contributed by atoms with Crippen molar-refractivity contribution in [2.45, 2.75) is 13.3 Å². The van der Waals surface area contributed by atoms with Gasteiger partial charge in [0.2, 0.25) is 0 Å². The first-order chi connectivity index (χ1) is 9.31. The molecule has 2 rings (SSSR count). The maximum atomic E-state index is 12.1. The quantitative estimate of drug-likeness (QED) is 0.846. The van der Waals surface area contributed by atoms with Crippen LogP contribution in [0.5, 0.6) is 0 Å². The summed E-state index contributed by atoms with van der Waals surface area (Å²) in [6.45, 7) is 3.33. The van der Waals surface area contributed by atoms with Crippen LogP contribution in [0, 0.1) is 0 Å². The smallest absolute Gasteiger partial charge is 0.254 e. The molecule has 100 valence electrons. The Balaban J connectivity index is 1.92. The number of thiazole rings is 1. The van der Waals surface area contributed by atoms with Gasteiger partial charge in [0, 0.05) is 43.5 Å². The van der Waals surface area contributed by atoms with Gasteiger partial charge in [-0.25, -0.2) is 4.98 Å². The van der Waals surface area contributed by atoms with Gasteiger partial charge in [-0.3, -0.25) is 9.78 Å². The van der Waals surface area contributed by atoms with Gasteiger partial charge in [-0.15, -0.1) is 11.3 Å². The Kier molecular flexibility index (Phi) is 4.85. The highest BCUT2D eigenvalue weighted by Gasteiger charge is 2.10. The molecule has 0 atom stereocenters. The predicted molar refractivity (Wildman–Crippen MR) is 76.6 cm³/mol. The SMILES string of the molecule is CCNc1ccncc1C(=O)NCCc1nccs1. The zero-order valence-corrected chi connectivity index (χ0v) is 11.5. The van der Waals surface area contributed by atoms with E-state index in [-0.39, 0.29) is 5.91 Å². The Hall–Kier alpha value is -1.95. The number of pyridine rings is 1. The molecule has 0 radical (unpaired) electrons. The topological polar surface area (TPSA) is 66.9 Å². The van der Waals surface area contributed by atoms with Crippen LogP contribution in [0.25, 0.3) is 0 Å². The highest BCUT2D eigenvalue weighted by Crippen LogP contribution is 2.13. The Labute approximate surface area is 116 Å². The Bertz CT molecular complexity index is 527. The highest BCUT2D eigenvalue weighted by atomic mass is 32.1. The number of carbonyl (C=O) groups is 1. The van der Waals surface area contributed by atoms with Gasteiger partial charge in [0.05, 0.1) is 16.3 Å². The van der Waals surface area contributed by atoms with Crippen LogP contribution >= 0.6 is 11.3 Å². The van der Waals surface area contributed by atoms with Crippen molar-refractivity contribution in [1.29, 1.82) is 0 Å². The predicted octanol–water partition coefficient (Wildman–Crippen LogP) is 1.94. The number of nitrogens with one attached hydrogen (secondary N) is 2. The van der Waals surface area contributed by atoms with Crippen LogP contribution < -0.4 is 10.6 Å². The Morgan fingerprint density at radius 2 is 2.32 bits per heavy atom. The largest absolute Gasteiger partial charge is 0.385 e. The molecule has 0 fully saturated rings. The van der Waals surface area contributed by atoms with Crippen LogP contribution in [0.2, 0.25) is 0 Å². The van der Waals surface area contributed by atoms with Gasteiger partial charge in [-0.05, 0) is 13.0 Å². The summed E-state index contributed by atoms with van der Waals surface area (Å²) in [5, 5.41) is 8.99. The summed E-state index contributed by atoms with van der Waals surface area (Å²) in [5.41, 5.74) is 1.38. The summed E-state index contributed by atoms with van der Waals surface area (Å²) in [6.07, 6.45) is 5.77. The third-order valence-electron chi connectivity index (χ3n) is 2.54. The molecule has 2 aromatic heterocycles. The van der Waals surface area contributed by atoms with E-state index < -0.39 is 0 Å². The van der Waals surface area contributed by atoms with E-state index in [2.05, 4.69) is 20.6 Å². The first-order valence-electron chi connectivity index (χ1n) is 6.15. The minimum Gasteiger partial charge on any atom is -0.385 e. The molecule has 0 saturated carbocycles. The third kappa shape index (κ3) is 3.75. The average molecular weight is 276 g/mol. The van der Waals surface area contributed by atoms with Gasteiger partial charge >= 0.3 is 0 Å². The summed E-state index contributed by atoms with van der Waals surface area (Å²) in [4.78, 5) is 20.2. The van der Waals surface area contributed by atoms with Gasteiger partial charge < -0.3 is 10.6 Å². The van der Waals surface area contributed by atoms with E-state index in [0.29, 0.717) is 12.1 Å². The van der Waals surface area contributed by atoms with Crippen LogP contribution in [0.1, 0.15) is 22.3 Å². The van der Waals surface area contributed by atoms with Crippen LogP contribution in [-0.4, -0.2) is 29.0 Å². The van der Waals surface area contributed by atoms with Gasteiger partial charge in [0.25, 0.3) is 5.91 Å². The number of aromatic nitrogens is 2. The van der Waals surface area contributed by atoms with Crippen molar-refractivity contribution in [1.82, 2.24) is 15.3 Å². The number of carbonyl (C=O) groups excluding carboxylic acids is 1. The minimum absolute atomic E-state index is 0.111. The molecular formula is C13H16N4OS. The molecular weight excluding hydrogens is 260 g/mol. The van der Waals surface area contributed by atoms with Crippen molar-refractivity contribution >= 4 is 22.9 Å². The fraction of sp³-hybridized carbons (Fsp3) is 0.308. The molecule has 0 aromatic carbocycles. The molecule has 6 heteroatoms. The minimum atomic E-state index is -0.111. The lowest BCUT2D eigenvalue weighted by atomic mass is 10.2. The van der Waals surface area contributed by atoms with Crippen LogP contribution in [0.4, 0.5) is 5.69 Å². The summed E-state index contributed by atoms with van der Waals surface area (Å²) in [7, 11) is 0. The van der Waals surface area contributed by atoms with Crippen LogP contribution in [0.3, 0.4) is 0 Å². The van der Waals surface area contributed by atoms with Crippen molar-refractivity contribution in [3.63, 3.8) is 0 Å². The fourth-order valence-corrected chi connectivity index (χ4v) is 2.30. The molecule has 19 heavy (non-hydrogen) atoms. The fourth-order valence-electron chi connectivity index (χ4n) is 1.67. The van der Waals surface area contributed by atoms with E-state index in [1.165, 1.54) is 0 Å². The molecule has 0 aliphatic heterocycles. The molecule has 2 N–H and O–H groups in total. The highest BCUT2D eigenvalue weighted by molar-refractivity contribution is 7.09. The Morgan fingerprint density at radius 3 is 3.05 bits per heavy atom. The van der Waals surface area contributed by atoms with Crippen molar-refractivity contribution in [2.24, 2.45) is 0 Å². The first-order valence-corrected chi connectivity index (χ1v) is 7.03. The molecule has 0 aliphatic carbocycles. The maximum Gasteiger partial charge on any atom is 0.254 e. The molecule has 0 bridgehead atoms. The summed E-state index contributed by atoms with van der Waals surface area (Å²) in [6, 6.07) is 1.80. The van der Waals surface area contributed by atoms with Crippen LogP contribution in [0.15, 0.2) is 30.0 Å².